The third-order valence-electron chi connectivity index (χ3n) is 4.58. The molecule has 1 heterocycles. The molecule has 0 unspecified atom stereocenters. The van der Waals surface area contributed by atoms with E-state index >= 15 is 0 Å². The van der Waals surface area contributed by atoms with E-state index in [9.17, 15) is 4.79 Å². The first kappa shape index (κ1) is 19.0. The van der Waals surface area contributed by atoms with Crippen LogP contribution < -0.4 is 5.32 Å². The number of halogens is 1. The highest BCUT2D eigenvalue weighted by Gasteiger charge is 2.32. The first-order chi connectivity index (χ1) is 10.0. The number of hydrogen-bond donors (Lipinski definition) is 1. The summed E-state index contributed by atoms with van der Waals surface area (Å²) >= 11 is 0. The molecule has 3 nitrogen and oxygen atoms in total. The topological polar surface area (TPSA) is 32.3 Å². The zero-order valence-electron chi connectivity index (χ0n) is 14.2. The van der Waals surface area contributed by atoms with Crippen molar-refractivity contribution in [3.8, 4) is 0 Å². The van der Waals surface area contributed by atoms with Gasteiger partial charge in [-0.3, -0.25) is 9.69 Å². The molecule has 0 spiro atoms. The van der Waals surface area contributed by atoms with Gasteiger partial charge >= 0.3 is 0 Å². The van der Waals surface area contributed by atoms with Crippen LogP contribution in [0.3, 0.4) is 0 Å². The van der Waals surface area contributed by atoms with E-state index in [0.29, 0.717) is 6.04 Å². The highest BCUT2D eigenvalue weighted by molar-refractivity contribution is 5.96. The van der Waals surface area contributed by atoms with Gasteiger partial charge in [-0.1, -0.05) is 25.1 Å². The molecule has 124 valence electrons. The highest BCUT2D eigenvalue weighted by Crippen LogP contribution is 2.26. The van der Waals surface area contributed by atoms with Gasteiger partial charge in [-0.15, -0.1) is 12.4 Å². The smallest absolute Gasteiger partial charge is 0.241 e. The van der Waals surface area contributed by atoms with Gasteiger partial charge in [-0.2, -0.15) is 0 Å². The molecule has 1 aromatic carbocycles. The summed E-state index contributed by atoms with van der Waals surface area (Å²) in [6.07, 6.45) is 4.41. The second-order valence-corrected chi connectivity index (χ2v) is 6.29. The highest BCUT2D eigenvalue weighted by atomic mass is 35.5. The number of amides is 1. The summed E-state index contributed by atoms with van der Waals surface area (Å²) in [7, 11) is 0. The maximum absolute atomic E-state index is 12.7. The molecule has 1 amide bonds. The van der Waals surface area contributed by atoms with Gasteiger partial charge in [-0.05, 0) is 64.1 Å². The Labute approximate surface area is 140 Å². The van der Waals surface area contributed by atoms with Crippen molar-refractivity contribution in [1.82, 2.24) is 4.90 Å². The molecule has 0 saturated carbocycles. The predicted molar refractivity (Wildman–Crippen MR) is 95.9 cm³/mol. The van der Waals surface area contributed by atoms with Gasteiger partial charge in [0, 0.05) is 11.7 Å². The molecule has 22 heavy (non-hydrogen) atoms. The second kappa shape index (κ2) is 8.54. The fourth-order valence-corrected chi connectivity index (χ4v) is 3.38. The molecule has 2 atom stereocenters. The summed E-state index contributed by atoms with van der Waals surface area (Å²) in [4.78, 5) is 15.1. The van der Waals surface area contributed by atoms with E-state index in [1.807, 2.05) is 6.07 Å². The lowest BCUT2D eigenvalue weighted by molar-refractivity contribution is -0.123. The monoisotopic (exact) mass is 324 g/mol. The standard InChI is InChI=1S/C18H28N2O.ClH/c1-5-12-20-15(4)10-7-11-16(20)18(21)19-17-13(2)8-6-9-14(17)3;/h6,8-9,15-16H,5,7,10-12H2,1-4H3,(H,19,21);1H/t15-,16-;/m1./s1. The van der Waals surface area contributed by atoms with E-state index in [2.05, 4.69) is 50.0 Å². The molecule has 0 radical (unpaired) electrons. The fourth-order valence-electron chi connectivity index (χ4n) is 3.38. The average Bonchev–Trinajstić information content (AvgIpc) is 2.45. The number of rotatable bonds is 4. The molecular weight excluding hydrogens is 296 g/mol. The number of para-hydroxylation sites is 1. The summed E-state index contributed by atoms with van der Waals surface area (Å²) in [5.41, 5.74) is 3.25. The van der Waals surface area contributed by atoms with E-state index in [-0.39, 0.29) is 24.4 Å². The first-order valence-electron chi connectivity index (χ1n) is 8.17. The lowest BCUT2D eigenvalue weighted by Crippen LogP contribution is -2.51. The van der Waals surface area contributed by atoms with E-state index < -0.39 is 0 Å². The summed E-state index contributed by atoms with van der Waals surface area (Å²) < 4.78 is 0. The van der Waals surface area contributed by atoms with E-state index in [0.717, 1.165) is 42.6 Å². The van der Waals surface area contributed by atoms with Gasteiger partial charge in [0.05, 0.1) is 6.04 Å². The van der Waals surface area contributed by atoms with Crippen LogP contribution in [0.5, 0.6) is 0 Å². The maximum Gasteiger partial charge on any atom is 0.241 e. The Hall–Kier alpha value is -1.06. The molecule has 1 saturated heterocycles. The maximum atomic E-state index is 12.7. The molecule has 2 rings (SSSR count). The number of hydrogen-bond acceptors (Lipinski definition) is 2. The van der Waals surface area contributed by atoms with E-state index in [4.69, 9.17) is 0 Å². The van der Waals surface area contributed by atoms with Gasteiger partial charge in [-0.25, -0.2) is 0 Å². The zero-order valence-corrected chi connectivity index (χ0v) is 15.0. The van der Waals surface area contributed by atoms with Crippen LogP contribution in [-0.4, -0.2) is 29.4 Å². The lowest BCUT2D eigenvalue weighted by atomic mass is 9.95. The Balaban J connectivity index is 0.00000242. The molecule has 1 aromatic rings. The zero-order chi connectivity index (χ0) is 15.4. The van der Waals surface area contributed by atoms with Crippen LogP contribution in [0.4, 0.5) is 5.69 Å². The third-order valence-corrected chi connectivity index (χ3v) is 4.58. The molecule has 4 heteroatoms. The minimum Gasteiger partial charge on any atom is -0.324 e. The van der Waals surface area contributed by atoms with Gasteiger partial charge in [0.2, 0.25) is 5.91 Å². The minimum absolute atomic E-state index is 0. The van der Waals surface area contributed by atoms with Crippen molar-refractivity contribution in [3.63, 3.8) is 0 Å². The van der Waals surface area contributed by atoms with Crippen LogP contribution in [0, 0.1) is 13.8 Å². The SMILES string of the molecule is CCCN1[C@H](C)CCC[C@@H]1C(=O)Nc1c(C)cccc1C.Cl. The van der Waals surface area contributed by atoms with E-state index in [1.54, 1.807) is 0 Å². The van der Waals surface area contributed by atoms with Crippen molar-refractivity contribution >= 4 is 24.0 Å². The lowest BCUT2D eigenvalue weighted by Gasteiger charge is -2.39. The molecule has 1 aliphatic rings. The van der Waals surface area contributed by atoms with Crippen LogP contribution in [0.1, 0.15) is 50.7 Å². The summed E-state index contributed by atoms with van der Waals surface area (Å²) in [6, 6.07) is 6.67. The van der Waals surface area contributed by atoms with Crippen molar-refractivity contribution in [2.45, 2.75) is 65.5 Å². The van der Waals surface area contributed by atoms with Crippen LogP contribution >= 0.6 is 12.4 Å². The Morgan fingerprint density at radius 3 is 2.50 bits per heavy atom. The molecule has 1 aliphatic heterocycles. The number of likely N-dealkylation sites (tertiary alicyclic amines) is 1. The minimum atomic E-state index is 0. The number of anilines is 1. The predicted octanol–water partition coefficient (Wildman–Crippen LogP) is 4.32. The third kappa shape index (κ3) is 4.23. The van der Waals surface area contributed by atoms with Crippen molar-refractivity contribution in [1.29, 1.82) is 0 Å². The number of carbonyl (C=O) groups is 1. The van der Waals surface area contributed by atoms with Crippen molar-refractivity contribution in [2.24, 2.45) is 0 Å². The normalized spacial score (nSPS) is 22.0. The van der Waals surface area contributed by atoms with Crippen LogP contribution in [-0.2, 0) is 4.79 Å². The van der Waals surface area contributed by atoms with Gasteiger partial charge in [0.1, 0.15) is 0 Å². The van der Waals surface area contributed by atoms with E-state index in [1.165, 1.54) is 6.42 Å². The Bertz CT molecular complexity index is 484. The Morgan fingerprint density at radius 1 is 1.27 bits per heavy atom. The molecule has 0 bridgehead atoms. The molecular formula is C18H29ClN2O. The van der Waals surface area contributed by atoms with Gasteiger partial charge in [0.15, 0.2) is 0 Å². The summed E-state index contributed by atoms with van der Waals surface area (Å²) in [6.45, 7) is 9.54. The molecule has 0 aromatic heterocycles. The van der Waals surface area contributed by atoms with Crippen molar-refractivity contribution < 1.29 is 4.79 Å². The number of nitrogens with one attached hydrogen (secondary N) is 1. The quantitative estimate of drug-likeness (QED) is 0.894. The molecule has 1 N–H and O–H groups in total. The summed E-state index contributed by atoms with van der Waals surface area (Å²) in [5, 5.41) is 3.18. The van der Waals surface area contributed by atoms with Crippen molar-refractivity contribution in [3.05, 3.63) is 29.3 Å². The Kier molecular flexibility index (Phi) is 7.37. The first-order valence-corrected chi connectivity index (χ1v) is 8.17. The van der Waals surface area contributed by atoms with Crippen LogP contribution in [0.15, 0.2) is 18.2 Å². The Morgan fingerprint density at radius 2 is 1.91 bits per heavy atom. The molecule has 1 fully saturated rings. The number of aryl methyl sites for hydroxylation is 2. The fraction of sp³-hybridized carbons (Fsp3) is 0.611. The van der Waals surface area contributed by atoms with Gasteiger partial charge < -0.3 is 5.32 Å². The van der Waals surface area contributed by atoms with Crippen LogP contribution in [0.2, 0.25) is 0 Å². The van der Waals surface area contributed by atoms with Crippen LogP contribution in [0.25, 0.3) is 0 Å². The number of carbonyl (C=O) groups excluding carboxylic acids is 1. The number of piperidine rings is 1. The summed E-state index contributed by atoms with van der Waals surface area (Å²) in [5.74, 6) is 0.160. The second-order valence-electron chi connectivity index (χ2n) is 6.29. The average molecular weight is 325 g/mol. The van der Waals surface area contributed by atoms with Gasteiger partial charge in [0.25, 0.3) is 0 Å². The van der Waals surface area contributed by atoms with Crippen molar-refractivity contribution in [2.75, 3.05) is 11.9 Å². The molecule has 0 aliphatic carbocycles. The number of nitrogens with zero attached hydrogens (tertiary/aromatic N) is 1. The number of benzene rings is 1. The largest absolute Gasteiger partial charge is 0.324 e.